The molecule has 0 saturated carbocycles. The Kier molecular flexibility index (Phi) is 13.9. The second-order valence-electron chi connectivity index (χ2n) is 4.19. The largest absolute Gasteiger partial charge is 1.00 e. The molecule has 1 aromatic rings. The molecule has 0 bridgehead atoms. The Labute approximate surface area is 132 Å². The van der Waals surface area contributed by atoms with Gasteiger partial charge in [-0.25, -0.2) is 0 Å². The third-order valence-corrected chi connectivity index (χ3v) is 2.75. The van der Waals surface area contributed by atoms with E-state index in [1.54, 1.807) is 0 Å². The molecule has 0 spiro atoms. The van der Waals surface area contributed by atoms with Crippen LogP contribution in [0.1, 0.15) is 50.7 Å². The zero-order valence-corrected chi connectivity index (χ0v) is 14.1. The number of hydrogen-bond acceptors (Lipinski definition) is 1. The normalized spacial score (nSPS) is 9.18. The van der Waals surface area contributed by atoms with E-state index in [4.69, 9.17) is 0 Å². The first-order valence-electron chi connectivity index (χ1n) is 5.05. The molecule has 0 amide bonds. The first-order chi connectivity index (χ1) is 6.57. The summed E-state index contributed by atoms with van der Waals surface area (Å²) in [6, 6.07) is 6.47. The monoisotopic (exact) mass is 331 g/mol. The van der Waals surface area contributed by atoms with Crippen molar-refractivity contribution in [1.29, 1.82) is 0 Å². The number of halogens is 3. The summed E-state index contributed by atoms with van der Waals surface area (Å²) in [4.78, 5) is 0. The smallest absolute Gasteiger partial charge is 1.00 e. The molecule has 0 saturated heterocycles. The summed E-state index contributed by atoms with van der Waals surface area (Å²) in [5.74, 6) is 1.08. The fraction of sp³-hybridized carbons (Fsp3) is 0.500. The predicted octanol–water partition coefficient (Wildman–Crippen LogP) is -4.69. The van der Waals surface area contributed by atoms with Crippen LogP contribution in [0.4, 0.5) is 5.69 Å². The molecule has 0 aliphatic heterocycles. The quantitative estimate of drug-likeness (QED) is 0.528. The first kappa shape index (κ1) is 22.6. The third kappa shape index (κ3) is 5.76. The number of benzene rings is 1. The Bertz CT molecular complexity index is 314. The fourth-order valence-electron chi connectivity index (χ4n) is 1.63. The molecule has 0 atom stereocenters. The standard InChI is InChI=1S/C12H17N.3ClH.V/c1-8(2)10-6-5-7-11(9(3)4)12(10)13;;;;/h5-9H,1-4H3;3*1H;/q;;;;+3/p-3. The fourth-order valence-corrected chi connectivity index (χ4v) is 1.99. The van der Waals surface area contributed by atoms with Gasteiger partial charge in [-0.1, -0.05) is 0 Å². The molecule has 5 heteroatoms. The predicted molar refractivity (Wildman–Crippen MR) is 56.7 cm³/mol. The van der Waals surface area contributed by atoms with Gasteiger partial charge in [0.2, 0.25) is 0 Å². The maximum Gasteiger partial charge on any atom is -1.00 e. The van der Waals surface area contributed by atoms with Crippen molar-refractivity contribution in [2.45, 2.75) is 39.5 Å². The number of nitrogens with zero attached hydrogens (tertiary/aromatic N) is 1. The molecule has 0 heterocycles. The van der Waals surface area contributed by atoms with E-state index in [-0.39, 0.29) is 37.2 Å². The van der Waals surface area contributed by atoms with Crippen LogP contribution in [0, 0.1) is 0 Å². The second kappa shape index (κ2) is 10.4. The van der Waals surface area contributed by atoms with Crippen molar-refractivity contribution >= 4 is 5.69 Å². The summed E-state index contributed by atoms with van der Waals surface area (Å²) < 4.78 is 4.35. The zero-order chi connectivity index (χ0) is 10.7. The van der Waals surface area contributed by atoms with Crippen molar-refractivity contribution < 1.29 is 54.5 Å². The van der Waals surface area contributed by atoms with Crippen LogP contribution in [0.15, 0.2) is 22.0 Å². The Morgan fingerprint density at radius 2 is 1.24 bits per heavy atom. The van der Waals surface area contributed by atoms with Gasteiger partial charge in [0.05, 0.1) is 0 Å². The summed E-state index contributed by atoms with van der Waals surface area (Å²) >= 11 is 2.33. The molecular formula is C12H17Cl3NV. The molecule has 0 fully saturated rings. The third-order valence-electron chi connectivity index (χ3n) is 2.44. The van der Waals surface area contributed by atoms with Gasteiger partial charge in [0.1, 0.15) is 0 Å². The van der Waals surface area contributed by atoms with Gasteiger partial charge in [-0.3, -0.25) is 0 Å². The summed E-state index contributed by atoms with van der Waals surface area (Å²) in [7, 11) is 0. The van der Waals surface area contributed by atoms with Crippen LogP contribution in [-0.4, -0.2) is 0 Å². The van der Waals surface area contributed by atoms with Crippen LogP contribution in [0.25, 0.3) is 0 Å². The van der Waals surface area contributed by atoms with Gasteiger partial charge in [-0.15, -0.1) is 0 Å². The van der Waals surface area contributed by atoms with Crippen molar-refractivity contribution in [3.63, 3.8) is 0 Å². The molecule has 0 aromatic heterocycles. The van der Waals surface area contributed by atoms with Crippen LogP contribution in [0.5, 0.6) is 0 Å². The molecule has 1 aromatic carbocycles. The molecule has 1 nitrogen and oxygen atoms in total. The van der Waals surface area contributed by atoms with Crippen LogP contribution in [-0.2, 0) is 17.2 Å². The Morgan fingerprint density at radius 1 is 0.882 bits per heavy atom. The van der Waals surface area contributed by atoms with E-state index >= 15 is 0 Å². The average Bonchev–Trinajstić information content (AvgIpc) is 2.16. The minimum atomic E-state index is 0. The summed E-state index contributed by atoms with van der Waals surface area (Å²) in [5.41, 5.74) is 3.85. The van der Waals surface area contributed by atoms with Gasteiger partial charge < -0.3 is 37.2 Å². The summed E-state index contributed by atoms with van der Waals surface area (Å²) in [6.45, 7) is 8.84. The topological polar surface area (TPSA) is 12.4 Å². The van der Waals surface area contributed by atoms with Crippen LogP contribution in [0.2, 0.25) is 0 Å². The van der Waals surface area contributed by atoms with Crippen molar-refractivity contribution in [3.8, 4) is 0 Å². The van der Waals surface area contributed by atoms with Crippen molar-refractivity contribution in [3.05, 3.63) is 29.3 Å². The van der Waals surface area contributed by atoms with E-state index in [1.165, 1.54) is 11.1 Å². The van der Waals surface area contributed by atoms with E-state index in [0.717, 1.165) is 5.69 Å². The van der Waals surface area contributed by atoms with Gasteiger partial charge in [0.15, 0.2) is 0 Å². The van der Waals surface area contributed by atoms with Gasteiger partial charge in [0, 0.05) is 0 Å². The van der Waals surface area contributed by atoms with E-state index in [1.807, 2.05) is 0 Å². The summed E-state index contributed by atoms with van der Waals surface area (Å²) in [5, 5.41) is 0. The molecule has 96 valence electrons. The van der Waals surface area contributed by atoms with Gasteiger partial charge in [-0.05, 0) is 0 Å². The van der Waals surface area contributed by atoms with Crippen LogP contribution < -0.4 is 37.2 Å². The van der Waals surface area contributed by atoms with Crippen LogP contribution in [0.3, 0.4) is 0 Å². The van der Waals surface area contributed by atoms with E-state index in [2.05, 4.69) is 66.9 Å². The van der Waals surface area contributed by atoms with Gasteiger partial charge >= 0.3 is 95.6 Å². The molecule has 0 aliphatic rings. The molecule has 1 rings (SSSR count). The van der Waals surface area contributed by atoms with E-state index in [9.17, 15) is 0 Å². The molecule has 0 N–H and O–H groups in total. The molecule has 17 heavy (non-hydrogen) atoms. The average molecular weight is 333 g/mol. The second-order valence-corrected chi connectivity index (χ2v) is 4.51. The van der Waals surface area contributed by atoms with Crippen molar-refractivity contribution in [2.75, 3.05) is 0 Å². The Morgan fingerprint density at radius 3 is 1.47 bits per heavy atom. The Balaban J connectivity index is -0.000000653. The Hall–Kier alpha value is 0.474. The minimum Gasteiger partial charge on any atom is -1.00 e. The SMILES string of the molecule is CC(C)c1cccc(C(C)C)c1[N]=[V+3].[Cl-].[Cl-].[Cl-]. The summed E-state index contributed by atoms with van der Waals surface area (Å²) in [6.07, 6.45) is 0. The first-order valence-corrected chi connectivity index (χ1v) is 5.68. The molecule has 0 radical (unpaired) electrons. The van der Waals surface area contributed by atoms with E-state index in [0.29, 0.717) is 11.8 Å². The van der Waals surface area contributed by atoms with Crippen molar-refractivity contribution in [1.82, 2.24) is 0 Å². The number of rotatable bonds is 3. The molecule has 0 aliphatic carbocycles. The van der Waals surface area contributed by atoms with Gasteiger partial charge in [0.25, 0.3) is 0 Å². The van der Waals surface area contributed by atoms with Crippen molar-refractivity contribution in [2.24, 2.45) is 3.79 Å². The molecular weight excluding hydrogens is 315 g/mol. The maximum absolute atomic E-state index is 4.35. The van der Waals surface area contributed by atoms with Gasteiger partial charge in [-0.2, -0.15) is 0 Å². The number of hydrogen-bond donors (Lipinski definition) is 0. The van der Waals surface area contributed by atoms with Crippen LogP contribution >= 0.6 is 0 Å². The molecule has 0 unspecified atom stereocenters. The minimum absolute atomic E-state index is 0. The maximum atomic E-state index is 4.35. The zero-order valence-electron chi connectivity index (χ0n) is 10.4. The van der Waals surface area contributed by atoms with E-state index < -0.39 is 0 Å².